The maximum absolute atomic E-state index is 11.3. The Hall–Kier alpha value is -4.64. The van der Waals surface area contributed by atoms with E-state index in [-0.39, 0.29) is 5.91 Å². The largest absolute Gasteiger partial charge is 0.497 e. The molecule has 0 spiro atoms. The molecule has 2 heterocycles. The summed E-state index contributed by atoms with van der Waals surface area (Å²) in [6.45, 7) is 5.47. The van der Waals surface area contributed by atoms with Crippen LogP contribution in [-0.4, -0.2) is 27.9 Å². The Kier molecular flexibility index (Phi) is 8.20. The lowest BCUT2D eigenvalue weighted by atomic mass is 10.1. The molecule has 5 rings (SSSR count). The van der Waals surface area contributed by atoms with E-state index in [4.69, 9.17) is 4.74 Å². The molecular formula is C27H27N5O3. The van der Waals surface area contributed by atoms with Gasteiger partial charge in [-0.2, -0.15) is 5.26 Å². The zero-order valence-corrected chi connectivity index (χ0v) is 20.4. The summed E-state index contributed by atoms with van der Waals surface area (Å²) in [7, 11) is 3.54. The summed E-state index contributed by atoms with van der Waals surface area (Å²) < 4.78 is 11.7. The number of anilines is 1. The summed E-state index contributed by atoms with van der Waals surface area (Å²) in [6, 6.07) is 22.9. The second-order valence-corrected chi connectivity index (χ2v) is 7.29. The lowest BCUT2D eigenvalue weighted by Gasteiger charge is -2.08. The molecule has 0 bridgehead atoms. The maximum atomic E-state index is 11.3. The van der Waals surface area contributed by atoms with Gasteiger partial charge in [0.1, 0.15) is 22.9 Å². The van der Waals surface area contributed by atoms with Crippen molar-refractivity contribution in [2.75, 3.05) is 12.4 Å². The summed E-state index contributed by atoms with van der Waals surface area (Å²) in [4.78, 5) is 11.3. The molecule has 8 heteroatoms. The van der Waals surface area contributed by atoms with E-state index in [0.29, 0.717) is 11.3 Å². The standard InChI is InChI=1S/C19H17N3O2.C6H4N2O.C2H6/c1-12(23)21-14-6-4-5-13(9-14)19-17(11-20)16-8-7-15(24-3)10-18(16)22(19)2;1-2-4-6-5(3-1)7-9-8-6;1-2/h4-10H,1-3H3,(H,21,23);1-4H;1-2H3. The zero-order chi connectivity index (χ0) is 25.4. The third-order valence-corrected chi connectivity index (χ3v) is 5.14. The van der Waals surface area contributed by atoms with Crippen molar-refractivity contribution < 1.29 is 14.2 Å². The van der Waals surface area contributed by atoms with Gasteiger partial charge in [0.05, 0.1) is 23.9 Å². The minimum Gasteiger partial charge on any atom is -0.497 e. The number of benzene rings is 3. The van der Waals surface area contributed by atoms with Crippen LogP contribution in [0.3, 0.4) is 0 Å². The fourth-order valence-corrected chi connectivity index (χ4v) is 3.67. The van der Waals surface area contributed by atoms with Crippen LogP contribution in [0.1, 0.15) is 26.3 Å². The number of hydrogen-bond acceptors (Lipinski definition) is 6. The molecule has 1 N–H and O–H groups in total. The van der Waals surface area contributed by atoms with Gasteiger partial charge >= 0.3 is 0 Å². The van der Waals surface area contributed by atoms with Crippen LogP contribution in [0, 0.1) is 11.3 Å². The number of nitrogens with one attached hydrogen (secondary N) is 1. The quantitative estimate of drug-likeness (QED) is 0.351. The first-order valence-corrected chi connectivity index (χ1v) is 11.1. The minimum atomic E-state index is -0.130. The molecule has 0 fully saturated rings. The van der Waals surface area contributed by atoms with Gasteiger partial charge in [-0.3, -0.25) is 4.79 Å². The molecule has 0 unspecified atom stereocenters. The highest BCUT2D eigenvalue weighted by atomic mass is 16.6. The van der Waals surface area contributed by atoms with Gasteiger partial charge in [0.2, 0.25) is 5.91 Å². The van der Waals surface area contributed by atoms with Crippen molar-refractivity contribution in [3.63, 3.8) is 0 Å². The Morgan fingerprint density at radius 1 is 1.03 bits per heavy atom. The minimum absolute atomic E-state index is 0.130. The number of amides is 1. The number of carbonyl (C=O) groups excluding carboxylic acids is 1. The lowest BCUT2D eigenvalue weighted by Crippen LogP contribution is -2.05. The molecule has 8 nitrogen and oxygen atoms in total. The van der Waals surface area contributed by atoms with Crippen molar-refractivity contribution in [1.82, 2.24) is 14.9 Å². The number of nitriles is 1. The highest BCUT2D eigenvalue weighted by molar-refractivity contribution is 5.96. The van der Waals surface area contributed by atoms with Crippen molar-refractivity contribution in [3.05, 3.63) is 72.3 Å². The van der Waals surface area contributed by atoms with Crippen LogP contribution < -0.4 is 10.1 Å². The Morgan fingerprint density at radius 2 is 1.71 bits per heavy atom. The Morgan fingerprint density at radius 3 is 2.31 bits per heavy atom. The second kappa shape index (κ2) is 11.5. The number of aromatic nitrogens is 3. The van der Waals surface area contributed by atoms with Crippen molar-refractivity contribution in [1.29, 1.82) is 5.26 Å². The molecule has 0 radical (unpaired) electrons. The predicted molar refractivity (Wildman–Crippen MR) is 137 cm³/mol. The number of methoxy groups -OCH3 is 1. The summed E-state index contributed by atoms with van der Waals surface area (Å²) in [5.74, 6) is 0.612. The van der Waals surface area contributed by atoms with Gasteiger partial charge in [-0.25, -0.2) is 4.63 Å². The van der Waals surface area contributed by atoms with Gasteiger partial charge in [-0.1, -0.05) is 38.1 Å². The van der Waals surface area contributed by atoms with Gasteiger partial charge < -0.3 is 14.6 Å². The molecule has 0 aliphatic carbocycles. The summed E-state index contributed by atoms with van der Waals surface area (Å²) in [5.41, 5.74) is 5.52. The number of hydrogen-bond donors (Lipinski definition) is 1. The Balaban J connectivity index is 0.000000257. The zero-order valence-electron chi connectivity index (χ0n) is 20.4. The molecule has 0 aliphatic rings. The van der Waals surface area contributed by atoms with E-state index < -0.39 is 0 Å². The third kappa shape index (κ3) is 5.47. The third-order valence-electron chi connectivity index (χ3n) is 5.14. The number of ether oxygens (including phenoxy) is 1. The highest BCUT2D eigenvalue weighted by Gasteiger charge is 2.17. The van der Waals surface area contributed by atoms with E-state index in [2.05, 4.69) is 26.3 Å². The molecule has 2 aromatic heterocycles. The highest BCUT2D eigenvalue weighted by Crippen LogP contribution is 2.35. The number of rotatable bonds is 3. The van der Waals surface area contributed by atoms with E-state index in [1.165, 1.54) is 6.92 Å². The summed E-state index contributed by atoms with van der Waals surface area (Å²) in [6.07, 6.45) is 0. The molecular weight excluding hydrogens is 442 g/mol. The molecule has 0 saturated carbocycles. The number of fused-ring (bicyclic) bond motifs is 2. The van der Waals surface area contributed by atoms with Gasteiger partial charge in [-0.05, 0) is 46.7 Å². The van der Waals surface area contributed by atoms with Gasteiger partial charge in [0, 0.05) is 36.7 Å². The van der Waals surface area contributed by atoms with Crippen LogP contribution in [0.2, 0.25) is 0 Å². The van der Waals surface area contributed by atoms with Gasteiger partial charge in [0.15, 0.2) is 0 Å². The van der Waals surface area contributed by atoms with Crippen LogP contribution in [-0.2, 0) is 11.8 Å². The molecule has 35 heavy (non-hydrogen) atoms. The second-order valence-electron chi connectivity index (χ2n) is 7.29. The van der Waals surface area contributed by atoms with E-state index in [1.807, 2.05) is 92.2 Å². The maximum Gasteiger partial charge on any atom is 0.221 e. The molecule has 0 saturated heterocycles. The number of aryl methyl sites for hydroxylation is 1. The van der Waals surface area contributed by atoms with E-state index >= 15 is 0 Å². The van der Waals surface area contributed by atoms with Crippen LogP contribution in [0.15, 0.2) is 71.4 Å². The van der Waals surface area contributed by atoms with Crippen LogP contribution in [0.5, 0.6) is 5.75 Å². The number of nitrogens with zero attached hydrogens (tertiary/aromatic N) is 4. The molecule has 178 valence electrons. The number of carbonyl (C=O) groups is 1. The van der Waals surface area contributed by atoms with Crippen molar-refractivity contribution in [2.45, 2.75) is 20.8 Å². The van der Waals surface area contributed by atoms with Crippen molar-refractivity contribution >= 4 is 33.5 Å². The predicted octanol–water partition coefficient (Wildman–Crippen LogP) is 5.93. The topological polar surface area (TPSA) is 106 Å². The van der Waals surface area contributed by atoms with Gasteiger partial charge in [-0.15, -0.1) is 0 Å². The smallest absolute Gasteiger partial charge is 0.221 e. The Labute approximate surface area is 203 Å². The van der Waals surface area contributed by atoms with Crippen molar-refractivity contribution in [2.24, 2.45) is 7.05 Å². The van der Waals surface area contributed by atoms with E-state index in [1.54, 1.807) is 7.11 Å². The van der Waals surface area contributed by atoms with Gasteiger partial charge in [0.25, 0.3) is 0 Å². The monoisotopic (exact) mass is 469 g/mol. The molecule has 0 atom stereocenters. The molecule has 1 amide bonds. The normalized spacial score (nSPS) is 9.94. The average Bonchev–Trinajstić information content (AvgIpc) is 3.47. The molecule has 0 aliphatic heterocycles. The Bertz CT molecular complexity index is 1460. The van der Waals surface area contributed by atoms with E-state index in [9.17, 15) is 10.1 Å². The fourth-order valence-electron chi connectivity index (χ4n) is 3.67. The summed E-state index contributed by atoms with van der Waals surface area (Å²) >= 11 is 0. The first kappa shape index (κ1) is 25.0. The van der Waals surface area contributed by atoms with Crippen LogP contribution in [0.25, 0.3) is 33.2 Å². The van der Waals surface area contributed by atoms with E-state index in [0.717, 1.165) is 38.9 Å². The van der Waals surface area contributed by atoms with Crippen LogP contribution >= 0.6 is 0 Å². The lowest BCUT2D eigenvalue weighted by molar-refractivity contribution is -0.114. The fraction of sp³-hybridized carbons (Fsp3) is 0.185. The van der Waals surface area contributed by atoms with Crippen LogP contribution in [0.4, 0.5) is 5.69 Å². The average molecular weight is 470 g/mol. The molecule has 3 aromatic carbocycles. The first-order valence-electron chi connectivity index (χ1n) is 11.1. The SMILES string of the molecule is CC.COc1ccc2c(C#N)c(-c3cccc(NC(C)=O)c3)n(C)c2c1.c1ccc2nonc2c1. The first-order chi connectivity index (χ1) is 17.0. The van der Waals surface area contributed by atoms with Crippen molar-refractivity contribution in [3.8, 4) is 23.1 Å². The summed E-state index contributed by atoms with van der Waals surface area (Å²) in [5, 5.41) is 20.6. The molecule has 5 aromatic rings.